The summed E-state index contributed by atoms with van der Waals surface area (Å²) in [6.07, 6.45) is 32.3. The highest BCUT2D eigenvalue weighted by molar-refractivity contribution is 4.59. The molecule has 0 aromatic rings. The van der Waals surface area contributed by atoms with E-state index in [4.69, 9.17) is 0 Å². The molecule has 0 aliphatic carbocycles. The Labute approximate surface area is 168 Å². The molecule has 0 spiro atoms. The van der Waals surface area contributed by atoms with Crippen molar-refractivity contribution in [1.29, 1.82) is 0 Å². The molecule has 0 heteroatoms. The Kier molecular flexibility index (Phi) is 23.0. The molecule has 0 aliphatic heterocycles. The second-order valence-corrected chi connectivity index (χ2v) is 8.86. The summed E-state index contributed by atoms with van der Waals surface area (Å²) in [6, 6.07) is 0. The first-order valence-corrected chi connectivity index (χ1v) is 12.8. The maximum absolute atomic E-state index is 2.41. The molecular weight excluding hydrogens is 312 g/mol. The molecule has 0 aliphatic rings. The average Bonchev–Trinajstić information content (AvgIpc) is 2.66. The maximum atomic E-state index is 2.41. The van der Waals surface area contributed by atoms with E-state index < -0.39 is 0 Å². The molecular formula is C26H54. The second-order valence-electron chi connectivity index (χ2n) is 8.86. The fourth-order valence-corrected chi connectivity index (χ4v) is 4.22. The molecule has 0 fully saturated rings. The molecule has 0 heterocycles. The van der Waals surface area contributed by atoms with Crippen molar-refractivity contribution in [2.75, 3.05) is 0 Å². The summed E-state index contributed by atoms with van der Waals surface area (Å²) < 4.78 is 0. The van der Waals surface area contributed by atoms with Gasteiger partial charge in [0, 0.05) is 0 Å². The van der Waals surface area contributed by atoms with Gasteiger partial charge < -0.3 is 0 Å². The standard InChI is InChI=1S/C26H54/c1-4-7-9-11-13-14-15-16-17-19-21-23-25-26(6-3)24-22-20-18-12-10-8-5-2/h26H,4-25H2,1-3H3. The number of hydrogen-bond donors (Lipinski definition) is 0. The third-order valence-electron chi connectivity index (χ3n) is 6.26. The predicted molar refractivity (Wildman–Crippen MR) is 122 cm³/mol. The molecule has 26 heavy (non-hydrogen) atoms. The summed E-state index contributed by atoms with van der Waals surface area (Å²) in [7, 11) is 0. The van der Waals surface area contributed by atoms with Gasteiger partial charge in [-0.25, -0.2) is 0 Å². The summed E-state index contributed by atoms with van der Waals surface area (Å²) in [5.41, 5.74) is 0. The molecule has 0 saturated heterocycles. The zero-order valence-electron chi connectivity index (χ0n) is 19.1. The fraction of sp³-hybridized carbons (Fsp3) is 1.00. The minimum absolute atomic E-state index is 1.02. The van der Waals surface area contributed by atoms with Crippen LogP contribution >= 0.6 is 0 Å². The minimum Gasteiger partial charge on any atom is -0.0654 e. The van der Waals surface area contributed by atoms with Crippen LogP contribution in [0.25, 0.3) is 0 Å². The monoisotopic (exact) mass is 366 g/mol. The molecule has 0 saturated carbocycles. The third kappa shape index (κ3) is 20.3. The van der Waals surface area contributed by atoms with Crippen LogP contribution in [-0.2, 0) is 0 Å². The number of unbranched alkanes of at least 4 members (excludes halogenated alkanes) is 17. The maximum Gasteiger partial charge on any atom is -0.0417 e. The molecule has 0 bridgehead atoms. The van der Waals surface area contributed by atoms with Gasteiger partial charge in [-0.2, -0.15) is 0 Å². The van der Waals surface area contributed by atoms with Crippen LogP contribution < -0.4 is 0 Å². The Bertz CT molecular complexity index is 232. The van der Waals surface area contributed by atoms with E-state index in [0.717, 1.165) is 5.92 Å². The van der Waals surface area contributed by atoms with Crippen molar-refractivity contribution >= 4 is 0 Å². The topological polar surface area (TPSA) is 0 Å². The Balaban J connectivity index is 3.26. The largest absolute Gasteiger partial charge is 0.0654 e. The molecule has 0 nitrogen and oxygen atoms in total. The average molecular weight is 367 g/mol. The first-order chi connectivity index (χ1) is 12.8. The van der Waals surface area contributed by atoms with E-state index in [2.05, 4.69) is 20.8 Å². The van der Waals surface area contributed by atoms with E-state index in [1.807, 2.05) is 0 Å². The van der Waals surface area contributed by atoms with Gasteiger partial charge in [0.05, 0.1) is 0 Å². The number of hydrogen-bond acceptors (Lipinski definition) is 0. The van der Waals surface area contributed by atoms with Gasteiger partial charge in [-0.05, 0) is 5.92 Å². The molecule has 0 rings (SSSR count). The van der Waals surface area contributed by atoms with Crippen molar-refractivity contribution in [2.45, 2.75) is 162 Å². The molecule has 1 atom stereocenters. The molecule has 1 unspecified atom stereocenters. The highest BCUT2D eigenvalue weighted by Crippen LogP contribution is 2.22. The van der Waals surface area contributed by atoms with Crippen molar-refractivity contribution in [2.24, 2.45) is 5.92 Å². The van der Waals surface area contributed by atoms with Crippen LogP contribution in [0.1, 0.15) is 162 Å². The number of rotatable bonds is 22. The highest BCUT2D eigenvalue weighted by atomic mass is 14.1. The van der Waals surface area contributed by atoms with Crippen molar-refractivity contribution < 1.29 is 0 Å². The SMILES string of the molecule is CCCCCCCCCCCCCCC(CC)CCCCCCCCC. The van der Waals surface area contributed by atoms with Gasteiger partial charge >= 0.3 is 0 Å². The van der Waals surface area contributed by atoms with Gasteiger partial charge in [0.15, 0.2) is 0 Å². The lowest BCUT2D eigenvalue weighted by Gasteiger charge is -2.14. The Morgan fingerprint density at radius 1 is 0.346 bits per heavy atom. The van der Waals surface area contributed by atoms with Crippen molar-refractivity contribution in [1.82, 2.24) is 0 Å². The van der Waals surface area contributed by atoms with E-state index in [0.29, 0.717) is 0 Å². The van der Waals surface area contributed by atoms with E-state index in [-0.39, 0.29) is 0 Å². The normalized spacial score (nSPS) is 12.6. The summed E-state index contributed by atoms with van der Waals surface area (Å²) >= 11 is 0. The summed E-state index contributed by atoms with van der Waals surface area (Å²) in [5.74, 6) is 1.02. The Morgan fingerprint density at radius 3 is 0.885 bits per heavy atom. The molecule has 0 aromatic carbocycles. The fourth-order valence-electron chi connectivity index (χ4n) is 4.22. The molecule has 0 amide bonds. The van der Waals surface area contributed by atoms with Crippen LogP contribution in [0.4, 0.5) is 0 Å². The molecule has 0 radical (unpaired) electrons. The van der Waals surface area contributed by atoms with Gasteiger partial charge in [0.1, 0.15) is 0 Å². The van der Waals surface area contributed by atoms with Gasteiger partial charge in [-0.1, -0.05) is 162 Å². The smallest absolute Gasteiger partial charge is 0.0417 e. The van der Waals surface area contributed by atoms with Crippen molar-refractivity contribution in [3.63, 3.8) is 0 Å². The molecule has 158 valence electrons. The summed E-state index contributed by atoms with van der Waals surface area (Å²) in [4.78, 5) is 0. The van der Waals surface area contributed by atoms with Crippen LogP contribution in [0.15, 0.2) is 0 Å². The van der Waals surface area contributed by atoms with E-state index in [9.17, 15) is 0 Å². The van der Waals surface area contributed by atoms with Gasteiger partial charge in [0.25, 0.3) is 0 Å². The van der Waals surface area contributed by atoms with Gasteiger partial charge in [0.2, 0.25) is 0 Å². The molecule has 0 N–H and O–H groups in total. The van der Waals surface area contributed by atoms with Crippen LogP contribution in [0, 0.1) is 5.92 Å². The first kappa shape index (κ1) is 26.0. The predicted octanol–water partition coefficient (Wildman–Crippen LogP) is 10.2. The second kappa shape index (κ2) is 23.0. The van der Waals surface area contributed by atoms with Gasteiger partial charge in [-0.15, -0.1) is 0 Å². The zero-order chi connectivity index (χ0) is 19.1. The third-order valence-corrected chi connectivity index (χ3v) is 6.26. The minimum atomic E-state index is 1.02. The van der Waals surface area contributed by atoms with Crippen molar-refractivity contribution in [3.05, 3.63) is 0 Å². The highest BCUT2D eigenvalue weighted by Gasteiger charge is 2.05. The Morgan fingerprint density at radius 2 is 0.615 bits per heavy atom. The molecule has 0 aromatic heterocycles. The quantitative estimate of drug-likeness (QED) is 0.167. The van der Waals surface area contributed by atoms with E-state index in [1.165, 1.54) is 141 Å². The van der Waals surface area contributed by atoms with Crippen LogP contribution in [0.5, 0.6) is 0 Å². The first-order valence-electron chi connectivity index (χ1n) is 12.8. The summed E-state index contributed by atoms with van der Waals surface area (Å²) in [5, 5.41) is 0. The lowest BCUT2D eigenvalue weighted by Crippen LogP contribution is -1.99. The van der Waals surface area contributed by atoms with E-state index in [1.54, 1.807) is 0 Å². The van der Waals surface area contributed by atoms with Crippen LogP contribution in [0.3, 0.4) is 0 Å². The Hall–Kier alpha value is 0. The van der Waals surface area contributed by atoms with E-state index >= 15 is 0 Å². The van der Waals surface area contributed by atoms with Gasteiger partial charge in [-0.3, -0.25) is 0 Å². The van der Waals surface area contributed by atoms with Crippen LogP contribution in [-0.4, -0.2) is 0 Å². The van der Waals surface area contributed by atoms with Crippen LogP contribution in [0.2, 0.25) is 0 Å². The zero-order valence-corrected chi connectivity index (χ0v) is 19.1. The lowest BCUT2D eigenvalue weighted by molar-refractivity contribution is 0.392. The summed E-state index contributed by atoms with van der Waals surface area (Å²) in [6.45, 7) is 7.02. The lowest BCUT2D eigenvalue weighted by atomic mass is 9.92. The van der Waals surface area contributed by atoms with Crippen molar-refractivity contribution in [3.8, 4) is 0 Å².